The summed E-state index contributed by atoms with van der Waals surface area (Å²) in [5.41, 5.74) is 1.66. The number of nitrogens with one attached hydrogen (secondary N) is 1. The fourth-order valence-electron chi connectivity index (χ4n) is 1.16. The van der Waals surface area contributed by atoms with Crippen LogP contribution in [-0.4, -0.2) is 15.7 Å². The Labute approximate surface area is 77.9 Å². The maximum absolute atomic E-state index is 11.2. The molecule has 0 aromatic carbocycles. The average Bonchev–Trinajstić information content (AvgIpc) is 2.30. The Kier molecular flexibility index (Phi) is 3.06. The number of hydrogen-bond donors (Lipinski definition) is 1. The SMILES string of the molecule is CCCC(=O)Nc1cn(C)nc1C. The minimum absolute atomic E-state index is 0.0543. The molecule has 4 heteroatoms. The van der Waals surface area contributed by atoms with Gasteiger partial charge < -0.3 is 5.32 Å². The first-order chi connectivity index (χ1) is 6.13. The summed E-state index contributed by atoms with van der Waals surface area (Å²) in [6.07, 6.45) is 3.24. The highest BCUT2D eigenvalue weighted by molar-refractivity contribution is 5.90. The monoisotopic (exact) mass is 181 g/mol. The molecular formula is C9H15N3O. The van der Waals surface area contributed by atoms with E-state index in [1.807, 2.05) is 27.1 Å². The van der Waals surface area contributed by atoms with E-state index in [9.17, 15) is 4.79 Å². The van der Waals surface area contributed by atoms with Gasteiger partial charge in [0.15, 0.2) is 0 Å². The van der Waals surface area contributed by atoms with Crippen LogP contribution in [0.4, 0.5) is 5.69 Å². The van der Waals surface area contributed by atoms with Crippen molar-refractivity contribution in [3.05, 3.63) is 11.9 Å². The van der Waals surface area contributed by atoms with Crippen LogP contribution < -0.4 is 5.32 Å². The first-order valence-electron chi connectivity index (χ1n) is 4.43. The van der Waals surface area contributed by atoms with Crippen molar-refractivity contribution in [2.45, 2.75) is 26.7 Å². The summed E-state index contributed by atoms with van der Waals surface area (Å²) < 4.78 is 1.69. The molecule has 0 saturated carbocycles. The first kappa shape index (κ1) is 9.77. The second kappa shape index (κ2) is 4.07. The summed E-state index contributed by atoms with van der Waals surface area (Å²) in [4.78, 5) is 11.2. The lowest BCUT2D eigenvalue weighted by Crippen LogP contribution is -2.10. The Hall–Kier alpha value is -1.32. The third kappa shape index (κ3) is 2.57. The van der Waals surface area contributed by atoms with Gasteiger partial charge in [-0.3, -0.25) is 9.48 Å². The molecule has 1 amide bonds. The predicted molar refractivity (Wildman–Crippen MR) is 51.5 cm³/mol. The van der Waals surface area contributed by atoms with Crippen LogP contribution in [0.15, 0.2) is 6.20 Å². The standard InChI is InChI=1S/C9H15N3O/c1-4-5-9(13)10-8-6-12(3)11-7(8)2/h6H,4-5H2,1-3H3,(H,10,13). The number of anilines is 1. The van der Waals surface area contributed by atoms with Crippen molar-refractivity contribution in [2.24, 2.45) is 7.05 Å². The Bertz CT molecular complexity index is 304. The molecule has 0 aliphatic heterocycles. The number of carbonyl (C=O) groups excluding carboxylic acids is 1. The quantitative estimate of drug-likeness (QED) is 0.767. The normalized spacial score (nSPS) is 10.1. The van der Waals surface area contributed by atoms with Crippen LogP contribution in [0.25, 0.3) is 0 Å². The highest BCUT2D eigenvalue weighted by atomic mass is 16.1. The van der Waals surface area contributed by atoms with Gasteiger partial charge >= 0.3 is 0 Å². The molecular weight excluding hydrogens is 166 g/mol. The van der Waals surface area contributed by atoms with Crippen molar-refractivity contribution < 1.29 is 4.79 Å². The summed E-state index contributed by atoms with van der Waals surface area (Å²) >= 11 is 0. The van der Waals surface area contributed by atoms with Gasteiger partial charge in [-0.15, -0.1) is 0 Å². The van der Waals surface area contributed by atoms with E-state index in [1.54, 1.807) is 4.68 Å². The lowest BCUT2D eigenvalue weighted by Gasteiger charge is -2.00. The molecule has 1 aromatic rings. The van der Waals surface area contributed by atoms with Crippen molar-refractivity contribution >= 4 is 11.6 Å². The predicted octanol–water partition coefficient (Wildman–Crippen LogP) is 1.47. The van der Waals surface area contributed by atoms with Crippen molar-refractivity contribution in [2.75, 3.05) is 5.32 Å². The molecule has 72 valence electrons. The number of aryl methyl sites for hydroxylation is 2. The third-order valence-electron chi connectivity index (χ3n) is 1.76. The fourth-order valence-corrected chi connectivity index (χ4v) is 1.16. The highest BCUT2D eigenvalue weighted by Gasteiger charge is 2.05. The number of nitrogens with zero attached hydrogens (tertiary/aromatic N) is 2. The van der Waals surface area contributed by atoms with Gasteiger partial charge in [-0.1, -0.05) is 6.92 Å². The van der Waals surface area contributed by atoms with Crippen LogP contribution in [0.1, 0.15) is 25.5 Å². The lowest BCUT2D eigenvalue weighted by atomic mass is 10.3. The molecule has 0 aliphatic carbocycles. The van der Waals surface area contributed by atoms with Gasteiger partial charge in [0.1, 0.15) is 0 Å². The summed E-state index contributed by atoms with van der Waals surface area (Å²) in [5.74, 6) is 0.0543. The summed E-state index contributed by atoms with van der Waals surface area (Å²) in [6, 6.07) is 0. The zero-order chi connectivity index (χ0) is 9.84. The van der Waals surface area contributed by atoms with E-state index in [4.69, 9.17) is 0 Å². The van der Waals surface area contributed by atoms with E-state index in [-0.39, 0.29) is 5.91 Å². The lowest BCUT2D eigenvalue weighted by molar-refractivity contribution is -0.116. The summed E-state index contributed by atoms with van der Waals surface area (Å²) in [6.45, 7) is 3.86. The molecule has 0 bridgehead atoms. The number of rotatable bonds is 3. The van der Waals surface area contributed by atoms with E-state index >= 15 is 0 Å². The third-order valence-corrected chi connectivity index (χ3v) is 1.76. The Morgan fingerprint density at radius 1 is 1.69 bits per heavy atom. The molecule has 0 atom stereocenters. The number of amides is 1. The Morgan fingerprint density at radius 2 is 2.38 bits per heavy atom. The van der Waals surface area contributed by atoms with Crippen LogP contribution in [0, 0.1) is 6.92 Å². The summed E-state index contributed by atoms with van der Waals surface area (Å²) in [5, 5.41) is 6.94. The molecule has 4 nitrogen and oxygen atoms in total. The van der Waals surface area contributed by atoms with E-state index in [2.05, 4.69) is 10.4 Å². The van der Waals surface area contributed by atoms with Gasteiger partial charge in [0, 0.05) is 19.7 Å². The molecule has 0 spiro atoms. The molecule has 0 aliphatic rings. The van der Waals surface area contributed by atoms with Crippen molar-refractivity contribution in [1.29, 1.82) is 0 Å². The molecule has 0 unspecified atom stereocenters. The number of aromatic nitrogens is 2. The second-order valence-electron chi connectivity index (χ2n) is 3.10. The zero-order valence-corrected chi connectivity index (χ0v) is 8.29. The molecule has 0 radical (unpaired) electrons. The topological polar surface area (TPSA) is 46.9 Å². The van der Waals surface area contributed by atoms with Crippen molar-refractivity contribution in [3.8, 4) is 0 Å². The Morgan fingerprint density at radius 3 is 2.85 bits per heavy atom. The minimum Gasteiger partial charge on any atom is -0.323 e. The van der Waals surface area contributed by atoms with Gasteiger partial charge in [0.05, 0.1) is 11.4 Å². The van der Waals surface area contributed by atoms with Gasteiger partial charge in [-0.05, 0) is 13.3 Å². The molecule has 1 heterocycles. The van der Waals surface area contributed by atoms with Gasteiger partial charge in [-0.2, -0.15) is 5.10 Å². The van der Waals surface area contributed by atoms with Crippen molar-refractivity contribution in [3.63, 3.8) is 0 Å². The second-order valence-corrected chi connectivity index (χ2v) is 3.10. The zero-order valence-electron chi connectivity index (χ0n) is 8.29. The molecule has 0 saturated heterocycles. The molecule has 0 fully saturated rings. The molecule has 1 rings (SSSR count). The largest absolute Gasteiger partial charge is 0.323 e. The number of carbonyl (C=O) groups is 1. The molecule has 13 heavy (non-hydrogen) atoms. The van der Waals surface area contributed by atoms with Crippen LogP contribution >= 0.6 is 0 Å². The van der Waals surface area contributed by atoms with Crippen LogP contribution in [0.2, 0.25) is 0 Å². The summed E-state index contributed by atoms with van der Waals surface area (Å²) in [7, 11) is 1.84. The Balaban J connectivity index is 2.63. The molecule has 1 aromatic heterocycles. The van der Waals surface area contributed by atoms with E-state index in [1.165, 1.54) is 0 Å². The molecule has 1 N–H and O–H groups in total. The van der Waals surface area contributed by atoms with Crippen molar-refractivity contribution in [1.82, 2.24) is 9.78 Å². The maximum atomic E-state index is 11.2. The first-order valence-corrected chi connectivity index (χ1v) is 4.43. The van der Waals surface area contributed by atoms with Gasteiger partial charge in [-0.25, -0.2) is 0 Å². The van der Waals surface area contributed by atoms with Crippen LogP contribution in [0.3, 0.4) is 0 Å². The van der Waals surface area contributed by atoms with Gasteiger partial charge in [0.2, 0.25) is 5.91 Å². The smallest absolute Gasteiger partial charge is 0.224 e. The van der Waals surface area contributed by atoms with E-state index in [0.717, 1.165) is 17.8 Å². The fraction of sp³-hybridized carbons (Fsp3) is 0.556. The van der Waals surface area contributed by atoms with Crippen LogP contribution in [0.5, 0.6) is 0 Å². The van der Waals surface area contributed by atoms with E-state index < -0.39 is 0 Å². The van der Waals surface area contributed by atoms with Gasteiger partial charge in [0.25, 0.3) is 0 Å². The highest BCUT2D eigenvalue weighted by Crippen LogP contribution is 2.11. The maximum Gasteiger partial charge on any atom is 0.224 e. The van der Waals surface area contributed by atoms with E-state index in [0.29, 0.717) is 6.42 Å². The van der Waals surface area contributed by atoms with Crippen LogP contribution in [-0.2, 0) is 11.8 Å². The number of hydrogen-bond acceptors (Lipinski definition) is 2. The minimum atomic E-state index is 0.0543. The average molecular weight is 181 g/mol.